The number of carboxylic acids is 1. The molecule has 0 spiro atoms. The summed E-state index contributed by atoms with van der Waals surface area (Å²) in [5.41, 5.74) is 5.96. The maximum Gasteiger partial charge on any atom is 0.311 e. The lowest BCUT2D eigenvalue weighted by Gasteiger charge is -2.20. The van der Waals surface area contributed by atoms with E-state index in [4.69, 9.17) is 0 Å². The summed E-state index contributed by atoms with van der Waals surface area (Å²) in [6, 6.07) is 14.3. The molecule has 0 amide bonds. The lowest BCUT2D eigenvalue weighted by Crippen LogP contribution is -2.16. The Labute approximate surface area is 131 Å². The molecule has 2 nitrogen and oxygen atoms in total. The molecule has 0 radical (unpaired) electrons. The van der Waals surface area contributed by atoms with Gasteiger partial charge in [0.2, 0.25) is 0 Å². The van der Waals surface area contributed by atoms with Gasteiger partial charge in [-0.15, -0.1) is 0 Å². The molecule has 2 aromatic carbocycles. The SMILES string of the molecule is Cc1ccccc1CC(C(=O)O)c1ccc2c(c1)CCCC2. The van der Waals surface area contributed by atoms with Gasteiger partial charge < -0.3 is 5.11 Å². The van der Waals surface area contributed by atoms with E-state index in [1.54, 1.807) is 0 Å². The zero-order chi connectivity index (χ0) is 15.5. The largest absolute Gasteiger partial charge is 0.481 e. The zero-order valence-corrected chi connectivity index (χ0v) is 13.0. The Kier molecular flexibility index (Phi) is 4.28. The minimum atomic E-state index is -0.737. The number of hydrogen-bond acceptors (Lipinski definition) is 1. The summed E-state index contributed by atoms with van der Waals surface area (Å²) in [7, 11) is 0. The first kappa shape index (κ1) is 14.8. The monoisotopic (exact) mass is 294 g/mol. The predicted octanol–water partition coefficient (Wildman–Crippen LogP) is 4.28. The van der Waals surface area contributed by atoms with Crippen molar-refractivity contribution in [3.8, 4) is 0 Å². The fourth-order valence-electron chi connectivity index (χ4n) is 3.38. The van der Waals surface area contributed by atoms with Crippen LogP contribution in [0.2, 0.25) is 0 Å². The standard InChI is InChI=1S/C20H22O2/c1-14-6-2-3-8-16(14)13-19(20(21)22)18-11-10-15-7-4-5-9-17(15)12-18/h2-3,6,8,10-12,19H,4-5,7,9,13H2,1H3,(H,21,22). The lowest BCUT2D eigenvalue weighted by molar-refractivity contribution is -0.138. The zero-order valence-electron chi connectivity index (χ0n) is 13.0. The smallest absolute Gasteiger partial charge is 0.311 e. The predicted molar refractivity (Wildman–Crippen MR) is 88.3 cm³/mol. The van der Waals surface area contributed by atoms with Gasteiger partial charge in [-0.2, -0.15) is 0 Å². The fraction of sp³-hybridized carbons (Fsp3) is 0.350. The molecule has 1 N–H and O–H groups in total. The molecule has 114 valence electrons. The third kappa shape index (κ3) is 3.06. The Balaban J connectivity index is 1.91. The molecule has 2 aromatic rings. The molecule has 0 aliphatic heterocycles. The third-order valence-electron chi connectivity index (χ3n) is 4.76. The van der Waals surface area contributed by atoms with Crippen LogP contribution < -0.4 is 0 Å². The van der Waals surface area contributed by atoms with Gasteiger partial charge in [-0.1, -0.05) is 42.5 Å². The van der Waals surface area contributed by atoms with E-state index >= 15 is 0 Å². The first-order chi connectivity index (χ1) is 10.6. The Morgan fingerprint density at radius 2 is 1.82 bits per heavy atom. The van der Waals surface area contributed by atoms with Crippen LogP contribution in [0.25, 0.3) is 0 Å². The third-order valence-corrected chi connectivity index (χ3v) is 4.76. The highest BCUT2D eigenvalue weighted by Crippen LogP contribution is 2.28. The van der Waals surface area contributed by atoms with Crippen molar-refractivity contribution in [3.05, 3.63) is 70.3 Å². The van der Waals surface area contributed by atoms with E-state index in [1.165, 1.54) is 24.0 Å². The van der Waals surface area contributed by atoms with E-state index in [2.05, 4.69) is 12.1 Å². The molecule has 0 bridgehead atoms. The van der Waals surface area contributed by atoms with Crippen molar-refractivity contribution < 1.29 is 9.90 Å². The second-order valence-electron chi connectivity index (χ2n) is 6.26. The van der Waals surface area contributed by atoms with Crippen LogP contribution in [0.5, 0.6) is 0 Å². The molecule has 0 saturated carbocycles. The highest BCUT2D eigenvalue weighted by atomic mass is 16.4. The summed E-state index contributed by atoms with van der Waals surface area (Å²) in [4.78, 5) is 11.8. The van der Waals surface area contributed by atoms with Gasteiger partial charge in [-0.3, -0.25) is 4.79 Å². The van der Waals surface area contributed by atoms with Gasteiger partial charge in [-0.05, 0) is 66.8 Å². The van der Waals surface area contributed by atoms with Crippen molar-refractivity contribution in [1.82, 2.24) is 0 Å². The van der Waals surface area contributed by atoms with Crippen LogP contribution in [0, 0.1) is 6.92 Å². The fourth-order valence-corrected chi connectivity index (χ4v) is 3.38. The van der Waals surface area contributed by atoms with Crippen LogP contribution >= 0.6 is 0 Å². The van der Waals surface area contributed by atoms with Crippen molar-refractivity contribution in [3.63, 3.8) is 0 Å². The summed E-state index contributed by atoms with van der Waals surface area (Å²) >= 11 is 0. The minimum absolute atomic E-state index is 0.465. The van der Waals surface area contributed by atoms with Crippen molar-refractivity contribution in [2.45, 2.75) is 44.9 Å². The summed E-state index contributed by atoms with van der Waals surface area (Å²) < 4.78 is 0. The van der Waals surface area contributed by atoms with E-state index in [-0.39, 0.29) is 0 Å². The minimum Gasteiger partial charge on any atom is -0.481 e. The molecule has 1 aliphatic carbocycles. The molecule has 0 heterocycles. The van der Waals surface area contributed by atoms with Gasteiger partial charge in [0.05, 0.1) is 5.92 Å². The van der Waals surface area contributed by atoms with Crippen LogP contribution in [0.4, 0.5) is 0 Å². The Morgan fingerprint density at radius 3 is 2.55 bits per heavy atom. The van der Waals surface area contributed by atoms with Crippen molar-refractivity contribution in [2.24, 2.45) is 0 Å². The highest BCUT2D eigenvalue weighted by Gasteiger charge is 2.22. The number of benzene rings is 2. The van der Waals surface area contributed by atoms with Gasteiger partial charge >= 0.3 is 5.97 Å². The van der Waals surface area contributed by atoms with E-state index in [0.29, 0.717) is 6.42 Å². The quantitative estimate of drug-likeness (QED) is 0.913. The normalized spacial score (nSPS) is 15.1. The highest BCUT2D eigenvalue weighted by molar-refractivity contribution is 5.76. The Morgan fingerprint density at radius 1 is 1.09 bits per heavy atom. The van der Waals surface area contributed by atoms with Gasteiger partial charge in [0.1, 0.15) is 0 Å². The van der Waals surface area contributed by atoms with Crippen LogP contribution in [-0.4, -0.2) is 11.1 Å². The molecule has 3 rings (SSSR count). The molecular weight excluding hydrogens is 272 g/mol. The number of aryl methyl sites for hydroxylation is 3. The molecule has 2 heteroatoms. The van der Waals surface area contributed by atoms with Crippen LogP contribution in [0.3, 0.4) is 0 Å². The number of rotatable bonds is 4. The van der Waals surface area contributed by atoms with Crippen molar-refractivity contribution in [2.75, 3.05) is 0 Å². The average Bonchev–Trinajstić information content (AvgIpc) is 2.53. The second-order valence-corrected chi connectivity index (χ2v) is 6.26. The first-order valence-corrected chi connectivity index (χ1v) is 8.04. The molecule has 1 atom stereocenters. The Hall–Kier alpha value is -2.09. The van der Waals surface area contributed by atoms with Crippen molar-refractivity contribution >= 4 is 5.97 Å². The van der Waals surface area contributed by atoms with E-state index < -0.39 is 11.9 Å². The van der Waals surface area contributed by atoms with Gasteiger partial charge in [0.15, 0.2) is 0 Å². The molecule has 1 unspecified atom stereocenters. The molecular formula is C20H22O2. The summed E-state index contributed by atoms with van der Waals surface area (Å²) in [6.45, 7) is 2.04. The number of fused-ring (bicyclic) bond motifs is 1. The first-order valence-electron chi connectivity index (χ1n) is 8.04. The molecule has 1 aliphatic rings. The second kappa shape index (κ2) is 6.35. The number of hydrogen-bond donors (Lipinski definition) is 1. The number of aliphatic carboxylic acids is 1. The lowest BCUT2D eigenvalue weighted by atomic mass is 9.85. The number of carbonyl (C=O) groups is 1. The Bertz CT molecular complexity index is 688. The topological polar surface area (TPSA) is 37.3 Å². The van der Waals surface area contributed by atoms with Gasteiger partial charge in [0.25, 0.3) is 0 Å². The number of carboxylic acid groups (broad SMARTS) is 1. The average molecular weight is 294 g/mol. The maximum atomic E-state index is 11.8. The van der Waals surface area contributed by atoms with Crippen LogP contribution in [0.15, 0.2) is 42.5 Å². The molecule has 22 heavy (non-hydrogen) atoms. The summed E-state index contributed by atoms with van der Waals surface area (Å²) in [6.07, 6.45) is 5.23. The van der Waals surface area contributed by atoms with Gasteiger partial charge in [-0.25, -0.2) is 0 Å². The summed E-state index contributed by atoms with van der Waals surface area (Å²) in [5.74, 6) is -1.20. The van der Waals surface area contributed by atoms with Crippen LogP contribution in [-0.2, 0) is 24.1 Å². The molecule has 0 saturated heterocycles. The van der Waals surface area contributed by atoms with E-state index in [9.17, 15) is 9.90 Å². The van der Waals surface area contributed by atoms with Crippen LogP contribution in [0.1, 0.15) is 46.6 Å². The van der Waals surface area contributed by atoms with E-state index in [1.807, 2.05) is 37.3 Å². The van der Waals surface area contributed by atoms with Crippen molar-refractivity contribution in [1.29, 1.82) is 0 Å². The van der Waals surface area contributed by atoms with E-state index in [0.717, 1.165) is 29.5 Å². The molecule has 0 fully saturated rings. The summed E-state index contributed by atoms with van der Waals surface area (Å²) in [5, 5.41) is 9.68. The van der Waals surface area contributed by atoms with Gasteiger partial charge in [0, 0.05) is 0 Å². The maximum absolute atomic E-state index is 11.8. The molecule has 0 aromatic heterocycles.